The van der Waals surface area contributed by atoms with Gasteiger partial charge in [0, 0.05) is 14.8 Å². The molecule has 2 nitrogen and oxygen atoms in total. The normalized spacial score (nSPS) is 10.9. The first kappa shape index (κ1) is 10.8. The highest BCUT2D eigenvalue weighted by Crippen LogP contribution is 2.26. The summed E-state index contributed by atoms with van der Waals surface area (Å²) in [5, 5.41) is 8.84. The van der Waals surface area contributed by atoms with Gasteiger partial charge in [-0.05, 0) is 35.6 Å². The van der Waals surface area contributed by atoms with Crippen molar-refractivity contribution in [1.29, 1.82) is 0 Å². The summed E-state index contributed by atoms with van der Waals surface area (Å²) in [6.45, 7) is 1.32. The van der Waals surface area contributed by atoms with E-state index in [9.17, 15) is 8.78 Å². The molecule has 13 heavy (non-hydrogen) atoms. The highest BCUT2D eigenvalue weighted by Gasteiger charge is 2.15. The smallest absolute Gasteiger partial charge is 0.265 e. The molecule has 0 fully saturated rings. The van der Waals surface area contributed by atoms with E-state index in [1.54, 1.807) is 29.5 Å². The van der Waals surface area contributed by atoms with E-state index < -0.39 is 6.43 Å². The van der Waals surface area contributed by atoms with E-state index in [2.05, 4.69) is 4.98 Å². The third kappa shape index (κ3) is 2.34. The van der Waals surface area contributed by atoms with E-state index in [-0.39, 0.29) is 12.2 Å². The van der Waals surface area contributed by atoms with Crippen LogP contribution in [0.2, 0.25) is 0 Å². The molecule has 0 radical (unpaired) electrons. The van der Waals surface area contributed by atoms with Crippen molar-refractivity contribution in [3.8, 4) is 0 Å². The van der Waals surface area contributed by atoms with Crippen LogP contribution >= 0.6 is 22.6 Å². The molecule has 0 unspecified atom stereocenters. The molecular weight excluding hydrogens is 291 g/mol. The number of aromatic nitrogens is 1. The average molecular weight is 299 g/mol. The number of halogens is 3. The molecule has 1 rings (SSSR count). The quantitative estimate of drug-likeness (QED) is 0.851. The fraction of sp³-hybridized carbons (Fsp3) is 0.375. The van der Waals surface area contributed by atoms with Gasteiger partial charge < -0.3 is 5.11 Å². The SMILES string of the molecule is Cc1cc(C(F)F)c(I)c(CO)n1. The van der Waals surface area contributed by atoms with Crippen LogP contribution in [0.1, 0.15) is 23.4 Å². The van der Waals surface area contributed by atoms with E-state index >= 15 is 0 Å². The van der Waals surface area contributed by atoms with Gasteiger partial charge in [-0.3, -0.25) is 4.98 Å². The fourth-order valence-electron chi connectivity index (χ4n) is 1.01. The summed E-state index contributed by atoms with van der Waals surface area (Å²) in [6, 6.07) is 1.34. The summed E-state index contributed by atoms with van der Waals surface area (Å²) in [4.78, 5) is 3.94. The Morgan fingerprint density at radius 2 is 2.23 bits per heavy atom. The Kier molecular flexibility index (Phi) is 3.55. The average Bonchev–Trinajstić information content (AvgIpc) is 2.08. The number of rotatable bonds is 2. The van der Waals surface area contributed by atoms with Gasteiger partial charge in [-0.1, -0.05) is 0 Å². The van der Waals surface area contributed by atoms with Crippen molar-refractivity contribution in [3.05, 3.63) is 26.6 Å². The highest BCUT2D eigenvalue weighted by molar-refractivity contribution is 14.1. The summed E-state index contributed by atoms with van der Waals surface area (Å²) < 4.78 is 25.2. The lowest BCUT2D eigenvalue weighted by molar-refractivity contribution is 0.149. The minimum Gasteiger partial charge on any atom is -0.390 e. The highest BCUT2D eigenvalue weighted by atomic mass is 127. The maximum absolute atomic E-state index is 12.4. The van der Waals surface area contributed by atoms with Crippen molar-refractivity contribution in [3.63, 3.8) is 0 Å². The van der Waals surface area contributed by atoms with Crippen LogP contribution < -0.4 is 0 Å². The van der Waals surface area contributed by atoms with Crippen LogP contribution in [0.3, 0.4) is 0 Å². The molecule has 0 saturated heterocycles. The summed E-state index contributed by atoms with van der Waals surface area (Å²) >= 11 is 1.77. The van der Waals surface area contributed by atoms with Gasteiger partial charge in [-0.15, -0.1) is 0 Å². The summed E-state index contributed by atoms with van der Waals surface area (Å²) in [5.74, 6) is 0. The van der Waals surface area contributed by atoms with Gasteiger partial charge in [0.15, 0.2) is 0 Å². The maximum atomic E-state index is 12.4. The largest absolute Gasteiger partial charge is 0.390 e. The molecule has 5 heteroatoms. The first-order chi connectivity index (χ1) is 6.06. The second-order valence-corrected chi connectivity index (χ2v) is 3.65. The Morgan fingerprint density at radius 1 is 1.62 bits per heavy atom. The number of alkyl halides is 2. The molecule has 72 valence electrons. The Hall–Kier alpha value is -0.300. The number of pyridine rings is 1. The van der Waals surface area contributed by atoms with Crippen molar-refractivity contribution in [2.75, 3.05) is 0 Å². The number of aliphatic hydroxyl groups is 1. The van der Waals surface area contributed by atoms with Crippen LogP contribution in [0.5, 0.6) is 0 Å². The van der Waals surface area contributed by atoms with Crippen LogP contribution in [-0.2, 0) is 6.61 Å². The Morgan fingerprint density at radius 3 is 2.69 bits per heavy atom. The van der Waals surface area contributed by atoms with Gasteiger partial charge >= 0.3 is 0 Å². The van der Waals surface area contributed by atoms with Crippen molar-refractivity contribution < 1.29 is 13.9 Å². The van der Waals surface area contributed by atoms with Gasteiger partial charge in [0.1, 0.15) is 0 Å². The van der Waals surface area contributed by atoms with Gasteiger partial charge in [-0.25, -0.2) is 8.78 Å². The second kappa shape index (κ2) is 4.28. The first-order valence-electron chi connectivity index (χ1n) is 3.61. The fourth-order valence-corrected chi connectivity index (χ4v) is 1.70. The molecule has 1 heterocycles. The summed E-state index contributed by atoms with van der Waals surface area (Å²) in [7, 11) is 0. The zero-order valence-corrected chi connectivity index (χ0v) is 9.05. The first-order valence-corrected chi connectivity index (χ1v) is 4.69. The lowest BCUT2D eigenvalue weighted by atomic mass is 10.2. The van der Waals surface area contributed by atoms with Crippen LogP contribution in [0.15, 0.2) is 6.07 Å². The predicted octanol–water partition coefficient (Wildman–Crippen LogP) is 2.42. The van der Waals surface area contributed by atoms with E-state index in [4.69, 9.17) is 5.11 Å². The maximum Gasteiger partial charge on any atom is 0.265 e. The molecule has 0 atom stereocenters. The number of nitrogens with zero attached hydrogens (tertiary/aromatic N) is 1. The third-order valence-electron chi connectivity index (χ3n) is 1.57. The molecule has 0 aromatic carbocycles. The van der Waals surface area contributed by atoms with Gasteiger partial charge in [0.25, 0.3) is 6.43 Å². The molecule has 0 aliphatic rings. The van der Waals surface area contributed by atoms with Gasteiger partial charge in [-0.2, -0.15) is 0 Å². The molecular formula is C8H8F2INO. The second-order valence-electron chi connectivity index (χ2n) is 2.57. The van der Waals surface area contributed by atoms with Crippen molar-refractivity contribution >= 4 is 22.6 Å². The zero-order valence-electron chi connectivity index (χ0n) is 6.89. The molecule has 1 N–H and O–H groups in total. The Labute approximate surface area is 88.1 Å². The van der Waals surface area contributed by atoms with Crippen molar-refractivity contribution in [2.24, 2.45) is 0 Å². The molecule has 1 aromatic heterocycles. The third-order valence-corrected chi connectivity index (χ3v) is 2.81. The Bertz CT molecular complexity index is 317. The summed E-state index contributed by atoms with van der Waals surface area (Å²) in [5.41, 5.74) is 0.757. The zero-order chi connectivity index (χ0) is 10.0. The van der Waals surface area contributed by atoms with E-state index in [1.165, 1.54) is 6.07 Å². The lowest BCUT2D eigenvalue weighted by Crippen LogP contribution is -2.01. The standard InChI is InChI=1S/C8H8F2INO/c1-4-2-5(8(9)10)7(11)6(3-13)12-4/h2,8,13H,3H2,1H3. The predicted molar refractivity (Wildman–Crippen MR) is 52.6 cm³/mol. The van der Waals surface area contributed by atoms with Crippen LogP contribution in [0.25, 0.3) is 0 Å². The summed E-state index contributed by atoms with van der Waals surface area (Å²) in [6.07, 6.45) is -2.51. The Balaban J connectivity index is 3.27. The van der Waals surface area contributed by atoms with Crippen molar-refractivity contribution in [2.45, 2.75) is 20.0 Å². The van der Waals surface area contributed by atoms with E-state index in [0.717, 1.165) is 0 Å². The van der Waals surface area contributed by atoms with Crippen LogP contribution in [-0.4, -0.2) is 10.1 Å². The number of aliphatic hydroxyl groups excluding tert-OH is 1. The number of hydrogen-bond donors (Lipinski definition) is 1. The van der Waals surface area contributed by atoms with E-state index in [0.29, 0.717) is 15.0 Å². The number of aryl methyl sites for hydroxylation is 1. The molecule has 0 spiro atoms. The monoisotopic (exact) mass is 299 g/mol. The minimum atomic E-state index is -2.51. The molecule has 0 saturated carbocycles. The van der Waals surface area contributed by atoms with Crippen LogP contribution in [0.4, 0.5) is 8.78 Å². The lowest BCUT2D eigenvalue weighted by Gasteiger charge is -2.08. The molecule has 1 aromatic rings. The van der Waals surface area contributed by atoms with E-state index in [1.807, 2.05) is 0 Å². The van der Waals surface area contributed by atoms with Crippen LogP contribution in [0, 0.1) is 10.5 Å². The van der Waals surface area contributed by atoms with Crippen molar-refractivity contribution in [1.82, 2.24) is 4.98 Å². The molecule has 0 bridgehead atoms. The van der Waals surface area contributed by atoms with Gasteiger partial charge in [0.2, 0.25) is 0 Å². The topological polar surface area (TPSA) is 33.1 Å². The molecule has 0 aliphatic carbocycles. The minimum absolute atomic E-state index is 0.0582. The number of hydrogen-bond acceptors (Lipinski definition) is 2. The molecule has 0 aliphatic heterocycles. The van der Waals surface area contributed by atoms with Gasteiger partial charge in [0.05, 0.1) is 12.3 Å². The molecule has 0 amide bonds.